The van der Waals surface area contributed by atoms with Gasteiger partial charge in [-0.25, -0.2) is 13.4 Å². The van der Waals surface area contributed by atoms with Gasteiger partial charge in [0.2, 0.25) is 15.7 Å². The fourth-order valence-corrected chi connectivity index (χ4v) is 5.03. The van der Waals surface area contributed by atoms with Gasteiger partial charge in [-0.1, -0.05) is 56.8 Å². The molecule has 0 unspecified atom stereocenters. The number of amides is 1. The summed E-state index contributed by atoms with van der Waals surface area (Å²) in [6.45, 7) is 6.08. The van der Waals surface area contributed by atoms with E-state index in [0.29, 0.717) is 5.69 Å². The Labute approximate surface area is 199 Å². The summed E-state index contributed by atoms with van der Waals surface area (Å²) >= 11 is 4.35. The van der Waals surface area contributed by atoms with Gasteiger partial charge in [0.05, 0.1) is 22.5 Å². The van der Waals surface area contributed by atoms with E-state index in [1.54, 1.807) is 30.3 Å². The number of aromatic nitrogens is 2. The number of para-hydroxylation sites is 1. The molecule has 1 aromatic heterocycles. The van der Waals surface area contributed by atoms with Crippen molar-refractivity contribution < 1.29 is 13.2 Å². The van der Waals surface area contributed by atoms with Gasteiger partial charge in [-0.3, -0.25) is 9.59 Å². The monoisotopic (exact) mass is 535 g/mol. The maximum absolute atomic E-state index is 12.9. The highest BCUT2D eigenvalue weighted by Gasteiger charge is 2.23. The number of rotatable bonds is 6. The maximum atomic E-state index is 12.9. The molecule has 0 aliphatic rings. The molecule has 0 atom stereocenters. The number of sulfone groups is 1. The van der Waals surface area contributed by atoms with Crippen LogP contribution in [0.15, 0.2) is 78.9 Å². The van der Waals surface area contributed by atoms with Crippen molar-refractivity contribution in [1.29, 1.82) is 0 Å². The number of aromatic amines is 1. The minimum atomic E-state index is -4.03. The minimum Gasteiger partial charge on any atom is -0.324 e. The highest BCUT2D eigenvalue weighted by Crippen LogP contribution is 2.26. The van der Waals surface area contributed by atoms with Crippen LogP contribution in [0.1, 0.15) is 26.3 Å². The number of H-pyrrole nitrogens is 1. The van der Waals surface area contributed by atoms with Gasteiger partial charge >= 0.3 is 0 Å². The second kappa shape index (κ2) is 9.60. The normalized spacial score (nSPS) is 11.9. The van der Waals surface area contributed by atoms with Gasteiger partial charge in [-0.05, 0) is 51.2 Å². The van der Waals surface area contributed by atoms with E-state index in [1.165, 1.54) is 12.1 Å². The number of anilines is 1. The number of hydrogen-bond acceptors (Lipinski definition) is 6. The highest BCUT2D eigenvalue weighted by molar-refractivity contribution is 9.10. The Balaban J connectivity index is 1.72. The van der Waals surface area contributed by atoms with Crippen LogP contribution in [0.5, 0.6) is 0 Å². The van der Waals surface area contributed by atoms with Crippen molar-refractivity contribution in [3.05, 3.63) is 75.1 Å². The van der Waals surface area contributed by atoms with Gasteiger partial charge in [-0.2, -0.15) is 0 Å². The predicted octanol–water partition coefficient (Wildman–Crippen LogP) is 4.39. The Hall–Kier alpha value is -2.43. The second-order valence-corrected chi connectivity index (χ2v) is 11.7. The zero-order valence-electron chi connectivity index (χ0n) is 17.7. The molecular weight excluding hydrogens is 514 g/mol. The standard InChI is InChI=1S/C22H22BrN3O4S2/c1-22(2,3)14-8-10-15(11-9-14)32(29,30)18-12-24-21(26-20(18)28)31-13-19(27)25-17-7-5-4-6-16(17)23/h4-12H,13H2,1-3H3,(H,25,27)(H,24,26,28). The van der Waals surface area contributed by atoms with Crippen LogP contribution in [0.3, 0.4) is 0 Å². The number of nitrogens with zero attached hydrogens (tertiary/aromatic N) is 1. The van der Waals surface area contributed by atoms with Gasteiger partial charge in [-0.15, -0.1) is 0 Å². The van der Waals surface area contributed by atoms with E-state index >= 15 is 0 Å². The van der Waals surface area contributed by atoms with Crippen molar-refractivity contribution in [3.8, 4) is 0 Å². The van der Waals surface area contributed by atoms with Gasteiger partial charge in [0.1, 0.15) is 0 Å². The Bertz CT molecular complexity index is 1300. The number of carbonyl (C=O) groups excluding carboxylic acids is 1. The number of halogens is 1. The summed E-state index contributed by atoms with van der Waals surface area (Å²) in [5.74, 6) is -0.301. The summed E-state index contributed by atoms with van der Waals surface area (Å²) in [4.78, 5) is 30.7. The lowest BCUT2D eigenvalue weighted by Gasteiger charge is -2.19. The highest BCUT2D eigenvalue weighted by atomic mass is 79.9. The van der Waals surface area contributed by atoms with E-state index in [4.69, 9.17) is 0 Å². The number of benzene rings is 2. The molecule has 10 heteroatoms. The van der Waals surface area contributed by atoms with Crippen LogP contribution in [-0.2, 0) is 20.0 Å². The van der Waals surface area contributed by atoms with E-state index in [0.717, 1.165) is 28.0 Å². The molecule has 0 saturated heterocycles. The molecule has 168 valence electrons. The number of hydrogen-bond donors (Lipinski definition) is 2. The predicted molar refractivity (Wildman–Crippen MR) is 129 cm³/mol. The molecule has 7 nitrogen and oxygen atoms in total. The van der Waals surface area contributed by atoms with Crippen molar-refractivity contribution in [2.75, 3.05) is 11.1 Å². The number of carbonyl (C=O) groups is 1. The molecule has 2 aromatic carbocycles. The van der Waals surface area contributed by atoms with E-state index < -0.39 is 20.3 Å². The Morgan fingerprint density at radius 2 is 1.78 bits per heavy atom. The molecule has 0 aliphatic heterocycles. The summed E-state index contributed by atoms with van der Waals surface area (Å²) in [6.07, 6.45) is 1.03. The fraction of sp³-hybridized carbons (Fsp3) is 0.227. The van der Waals surface area contributed by atoms with Crippen LogP contribution >= 0.6 is 27.7 Å². The van der Waals surface area contributed by atoms with Crippen LogP contribution in [-0.4, -0.2) is 30.0 Å². The Morgan fingerprint density at radius 3 is 2.38 bits per heavy atom. The maximum Gasteiger partial charge on any atom is 0.270 e. The van der Waals surface area contributed by atoms with Crippen LogP contribution in [0, 0.1) is 0 Å². The SMILES string of the molecule is CC(C)(C)c1ccc(S(=O)(=O)c2cnc(SCC(=O)Nc3ccccc3Br)[nH]c2=O)cc1. The number of thioether (sulfide) groups is 1. The molecule has 32 heavy (non-hydrogen) atoms. The zero-order valence-corrected chi connectivity index (χ0v) is 20.9. The Kier molecular flexibility index (Phi) is 7.26. The molecule has 1 amide bonds. The van der Waals surface area contributed by atoms with Crippen LogP contribution in [0.25, 0.3) is 0 Å². The molecule has 0 saturated carbocycles. The summed E-state index contributed by atoms with van der Waals surface area (Å²) in [5.41, 5.74) is 0.700. The first kappa shape index (κ1) is 24.2. The van der Waals surface area contributed by atoms with Gasteiger partial charge in [0, 0.05) is 4.47 Å². The quantitative estimate of drug-likeness (QED) is 0.357. The van der Waals surface area contributed by atoms with Crippen molar-refractivity contribution in [2.24, 2.45) is 0 Å². The topological polar surface area (TPSA) is 109 Å². The first-order valence-corrected chi connectivity index (χ1v) is 12.9. The summed E-state index contributed by atoms with van der Waals surface area (Å²) in [5, 5.41) is 2.90. The summed E-state index contributed by atoms with van der Waals surface area (Å²) in [6, 6.07) is 13.6. The molecule has 0 radical (unpaired) electrons. The molecule has 1 heterocycles. The van der Waals surface area contributed by atoms with Gasteiger partial charge in [0.15, 0.2) is 10.1 Å². The molecule has 0 fully saturated rings. The number of nitrogens with one attached hydrogen (secondary N) is 2. The zero-order chi connectivity index (χ0) is 23.5. The summed E-state index contributed by atoms with van der Waals surface area (Å²) < 4.78 is 26.5. The van der Waals surface area contributed by atoms with Crippen molar-refractivity contribution in [3.63, 3.8) is 0 Å². The molecule has 0 bridgehead atoms. The van der Waals surface area contributed by atoms with Crippen molar-refractivity contribution in [1.82, 2.24) is 9.97 Å². The van der Waals surface area contributed by atoms with Crippen molar-refractivity contribution >= 4 is 49.1 Å². The molecule has 2 N–H and O–H groups in total. The van der Waals surface area contributed by atoms with Crippen LogP contribution < -0.4 is 10.9 Å². The third-order valence-electron chi connectivity index (χ3n) is 4.55. The van der Waals surface area contributed by atoms with Crippen molar-refractivity contribution in [2.45, 2.75) is 41.1 Å². The van der Waals surface area contributed by atoms with E-state index in [2.05, 4.69) is 31.2 Å². The van der Waals surface area contributed by atoms with E-state index in [9.17, 15) is 18.0 Å². The smallest absolute Gasteiger partial charge is 0.270 e. The lowest BCUT2D eigenvalue weighted by molar-refractivity contribution is -0.113. The average molecular weight is 536 g/mol. The second-order valence-electron chi connectivity index (χ2n) is 7.98. The molecule has 0 aliphatic carbocycles. The molecule has 0 spiro atoms. The molecular formula is C22H22BrN3O4S2. The fourth-order valence-electron chi connectivity index (χ4n) is 2.78. The average Bonchev–Trinajstić information content (AvgIpc) is 2.73. The van der Waals surface area contributed by atoms with Crippen LogP contribution in [0.4, 0.5) is 5.69 Å². The first-order chi connectivity index (χ1) is 15.0. The van der Waals surface area contributed by atoms with Gasteiger partial charge < -0.3 is 10.3 Å². The van der Waals surface area contributed by atoms with Crippen LogP contribution in [0.2, 0.25) is 0 Å². The minimum absolute atomic E-state index is 0.00929. The third kappa shape index (κ3) is 5.67. The molecule has 3 aromatic rings. The largest absolute Gasteiger partial charge is 0.324 e. The lowest BCUT2D eigenvalue weighted by Crippen LogP contribution is -2.20. The lowest BCUT2D eigenvalue weighted by atomic mass is 9.87. The third-order valence-corrected chi connectivity index (χ3v) is 7.89. The first-order valence-electron chi connectivity index (χ1n) is 9.60. The van der Waals surface area contributed by atoms with Gasteiger partial charge in [0.25, 0.3) is 5.56 Å². The molecule has 3 rings (SSSR count). The van der Waals surface area contributed by atoms with E-state index in [1.807, 2.05) is 26.8 Å². The Morgan fingerprint density at radius 1 is 1.12 bits per heavy atom. The van der Waals surface area contributed by atoms with E-state index in [-0.39, 0.29) is 27.1 Å². The summed E-state index contributed by atoms with van der Waals surface area (Å²) in [7, 11) is -4.03.